The second-order valence-electron chi connectivity index (χ2n) is 4.94. The second-order valence-corrected chi connectivity index (χ2v) is 4.94. The Kier molecular flexibility index (Phi) is 3.69. The molecule has 3 N–H and O–H groups in total. The lowest BCUT2D eigenvalue weighted by atomic mass is 9.92. The third-order valence-corrected chi connectivity index (χ3v) is 3.82. The molecule has 98 valence electrons. The molecule has 2 rings (SSSR count). The Morgan fingerprint density at radius 3 is 3.06 bits per heavy atom. The van der Waals surface area contributed by atoms with Crippen LogP contribution in [0, 0.1) is 5.92 Å². The lowest BCUT2D eigenvalue weighted by Crippen LogP contribution is -2.43. The fourth-order valence-corrected chi connectivity index (χ4v) is 2.45. The minimum absolute atomic E-state index is 0.122. The molecule has 18 heavy (non-hydrogen) atoms. The van der Waals surface area contributed by atoms with Gasteiger partial charge in [-0.05, 0) is 37.8 Å². The second kappa shape index (κ2) is 5.25. The van der Waals surface area contributed by atoms with Crippen LogP contribution in [0.1, 0.15) is 32.3 Å². The van der Waals surface area contributed by atoms with Crippen LogP contribution in [0.15, 0.2) is 23.5 Å². The number of hydrogen-bond donors (Lipinski definition) is 2. The highest BCUT2D eigenvalue weighted by Gasteiger charge is 2.25. The maximum atomic E-state index is 8.71. The van der Waals surface area contributed by atoms with E-state index in [1.807, 2.05) is 6.07 Å². The average Bonchev–Trinajstić information content (AvgIpc) is 2.41. The van der Waals surface area contributed by atoms with Crippen molar-refractivity contribution in [2.24, 2.45) is 16.8 Å². The molecule has 0 bridgehead atoms. The molecular weight excluding hydrogens is 228 g/mol. The normalized spacial score (nSPS) is 25.2. The van der Waals surface area contributed by atoms with Crippen LogP contribution in [0.25, 0.3) is 0 Å². The first-order chi connectivity index (χ1) is 8.63. The number of piperidine rings is 1. The van der Waals surface area contributed by atoms with Gasteiger partial charge < -0.3 is 15.8 Å². The first kappa shape index (κ1) is 12.7. The number of anilines is 1. The highest BCUT2D eigenvalue weighted by Crippen LogP contribution is 2.27. The Morgan fingerprint density at radius 2 is 2.33 bits per heavy atom. The summed E-state index contributed by atoms with van der Waals surface area (Å²) in [7, 11) is 0. The Balaban J connectivity index is 2.27. The van der Waals surface area contributed by atoms with Crippen LogP contribution in [0.4, 0.5) is 5.82 Å². The van der Waals surface area contributed by atoms with Crippen molar-refractivity contribution in [1.82, 2.24) is 4.98 Å². The standard InChI is InChI=1S/C13H20N4O/c1-9-4-3-7-17(10(9)2)12-8-11(5-6-15-12)13(14)16-18/h5-6,8-10,18H,3-4,7H2,1-2H3,(H2,14,16). The van der Waals surface area contributed by atoms with Gasteiger partial charge in [0, 0.05) is 24.3 Å². The maximum Gasteiger partial charge on any atom is 0.170 e. The zero-order chi connectivity index (χ0) is 13.1. The highest BCUT2D eigenvalue weighted by molar-refractivity contribution is 5.97. The molecule has 0 radical (unpaired) electrons. The lowest BCUT2D eigenvalue weighted by molar-refractivity contribution is 0.318. The molecule has 1 fully saturated rings. The molecule has 0 spiro atoms. The van der Waals surface area contributed by atoms with Gasteiger partial charge in [0.2, 0.25) is 0 Å². The first-order valence-corrected chi connectivity index (χ1v) is 6.34. The summed E-state index contributed by atoms with van der Waals surface area (Å²) < 4.78 is 0. The van der Waals surface area contributed by atoms with Crippen molar-refractivity contribution in [3.8, 4) is 0 Å². The molecule has 5 heteroatoms. The van der Waals surface area contributed by atoms with Gasteiger partial charge in [-0.3, -0.25) is 0 Å². The van der Waals surface area contributed by atoms with E-state index >= 15 is 0 Å². The summed E-state index contributed by atoms with van der Waals surface area (Å²) in [5.41, 5.74) is 6.31. The SMILES string of the molecule is CC1CCCN(c2cc(C(N)=NO)ccn2)C1C. The summed E-state index contributed by atoms with van der Waals surface area (Å²) in [5.74, 6) is 1.68. The molecule has 0 amide bonds. The summed E-state index contributed by atoms with van der Waals surface area (Å²) in [6.45, 7) is 5.50. The van der Waals surface area contributed by atoms with Crippen LogP contribution in [-0.2, 0) is 0 Å². The quantitative estimate of drug-likeness (QED) is 0.362. The van der Waals surface area contributed by atoms with Gasteiger partial charge in [-0.2, -0.15) is 0 Å². The number of pyridine rings is 1. The monoisotopic (exact) mass is 248 g/mol. The minimum atomic E-state index is 0.122. The Morgan fingerprint density at radius 1 is 1.56 bits per heavy atom. The number of nitrogens with zero attached hydrogens (tertiary/aromatic N) is 3. The van der Waals surface area contributed by atoms with Crippen molar-refractivity contribution in [1.29, 1.82) is 0 Å². The lowest BCUT2D eigenvalue weighted by Gasteiger charge is -2.38. The topological polar surface area (TPSA) is 74.7 Å². The fourth-order valence-electron chi connectivity index (χ4n) is 2.45. The molecule has 0 aromatic carbocycles. The number of oxime groups is 1. The molecule has 0 aliphatic carbocycles. The summed E-state index contributed by atoms with van der Waals surface area (Å²) in [6.07, 6.45) is 4.15. The van der Waals surface area contributed by atoms with E-state index in [4.69, 9.17) is 10.9 Å². The number of amidine groups is 1. The van der Waals surface area contributed by atoms with Crippen LogP contribution >= 0.6 is 0 Å². The van der Waals surface area contributed by atoms with E-state index in [1.165, 1.54) is 12.8 Å². The van der Waals surface area contributed by atoms with E-state index in [0.29, 0.717) is 17.5 Å². The van der Waals surface area contributed by atoms with Crippen molar-refractivity contribution in [2.75, 3.05) is 11.4 Å². The van der Waals surface area contributed by atoms with Gasteiger partial charge in [-0.1, -0.05) is 12.1 Å². The van der Waals surface area contributed by atoms with Crippen LogP contribution < -0.4 is 10.6 Å². The zero-order valence-electron chi connectivity index (χ0n) is 10.9. The molecule has 1 aromatic heterocycles. The van der Waals surface area contributed by atoms with Gasteiger partial charge >= 0.3 is 0 Å². The van der Waals surface area contributed by atoms with E-state index in [9.17, 15) is 0 Å². The van der Waals surface area contributed by atoms with Gasteiger partial charge in [0.05, 0.1) is 0 Å². The van der Waals surface area contributed by atoms with Crippen LogP contribution in [0.3, 0.4) is 0 Å². The summed E-state index contributed by atoms with van der Waals surface area (Å²) in [4.78, 5) is 6.69. The van der Waals surface area contributed by atoms with Crippen LogP contribution in [0.2, 0.25) is 0 Å². The molecule has 2 atom stereocenters. The molecule has 1 aliphatic heterocycles. The van der Waals surface area contributed by atoms with E-state index < -0.39 is 0 Å². The number of aromatic nitrogens is 1. The number of nitrogens with two attached hydrogens (primary N) is 1. The number of hydrogen-bond acceptors (Lipinski definition) is 4. The van der Waals surface area contributed by atoms with E-state index in [2.05, 4.69) is 28.9 Å². The Bertz CT molecular complexity index is 446. The summed E-state index contributed by atoms with van der Waals surface area (Å²) in [5, 5.41) is 11.7. The van der Waals surface area contributed by atoms with E-state index in [0.717, 1.165) is 12.4 Å². The molecule has 0 saturated carbocycles. The molecule has 2 unspecified atom stereocenters. The zero-order valence-corrected chi connectivity index (χ0v) is 10.9. The van der Waals surface area contributed by atoms with Crippen LogP contribution in [-0.4, -0.2) is 28.6 Å². The van der Waals surface area contributed by atoms with Crippen LogP contribution in [0.5, 0.6) is 0 Å². The van der Waals surface area contributed by atoms with Crippen molar-refractivity contribution < 1.29 is 5.21 Å². The molecule has 1 aliphatic rings. The maximum absolute atomic E-state index is 8.71. The number of rotatable bonds is 2. The van der Waals surface area contributed by atoms with E-state index in [1.54, 1.807) is 12.3 Å². The van der Waals surface area contributed by atoms with E-state index in [-0.39, 0.29) is 5.84 Å². The summed E-state index contributed by atoms with van der Waals surface area (Å²) >= 11 is 0. The van der Waals surface area contributed by atoms with Crippen molar-refractivity contribution in [3.63, 3.8) is 0 Å². The Labute approximate surface area is 107 Å². The predicted molar refractivity (Wildman–Crippen MR) is 72.0 cm³/mol. The minimum Gasteiger partial charge on any atom is -0.409 e. The van der Waals surface area contributed by atoms with Gasteiger partial charge in [0.25, 0.3) is 0 Å². The molecule has 1 aromatic rings. The Hall–Kier alpha value is -1.78. The summed E-state index contributed by atoms with van der Waals surface area (Å²) in [6, 6.07) is 4.09. The van der Waals surface area contributed by atoms with Gasteiger partial charge in [0.1, 0.15) is 5.82 Å². The smallest absolute Gasteiger partial charge is 0.170 e. The first-order valence-electron chi connectivity index (χ1n) is 6.34. The van der Waals surface area contributed by atoms with Gasteiger partial charge in [-0.25, -0.2) is 4.98 Å². The molecule has 1 saturated heterocycles. The average molecular weight is 248 g/mol. The van der Waals surface area contributed by atoms with Gasteiger partial charge in [-0.15, -0.1) is 0 Å². The molecule has 5 nitrogen and oxygen atoms in total. The molecular formula is C13H20N4O. The third-order valence-electron chi connectivity index (χ3n) is 3.82. The van der Waals surface area contributed by atoms with Crippen molar-refractivity contribution in [3.05, 3.63) is 23.9 Å². The largest absolute Gasteiger partial charge is 0.409 e. The highest BCUT2D eigenvalue weighted by atomic mass is 16.4. The van der Waals surface area contributed by atoms with Gasteiger partial charge in [0.15, 0.2) is 5.84 Å². The van der Waals surface area contributed by atoms with Crippen molar-refractivity contribution >= 4 is 11.7 Å². The third kappa shape index (κ3) is 2.39. The van der Waals surface area contributed by atoms with Crippen molar-refractivity contribution in [2.45, 2.75) is 32.7 Å². The fraction of sp³-hybridized carbons (Fsp3) is 0.538. The molecule has 2 heterocycles. The predicted octanol–water partition coefficient (Wildman–Crippen LogP) is 1.80.